The second-order valence-corrected chi connectivity index (χ2v) is 10.9. The van der Waals surface area contributed by atoms with Crippen LogP contribution in [0.3, 0.4) is 0 Å². The Morgan fingerprint density at radius 3 is 1.70 bits per heavy atom. The first-order valence-electron chi connectivity index (χ1n) is 10.9. The van der Waals surface area contributed by atoms with E-state index in [2.05, 4.69) is 109 Å². The van der Waals surface area contributed by atoms with Gasteiger partial charge in [0.1, 0.15) is 0 Å². The van der Waals surface area contributed by atoms with Gasteiger partial charge in [-0.1, -0.05) is 109 Å². The lowest BCUT2D eigenvalue weighted by atomic mass is 9.76. The summed E-state index contributed by atoms with van der Waals surface area (Å²) < 4.78 is 0. The van der Waals surface area contributed by atoms with Crippen molar-refractivity contribution in [3.63, 3.8) is 0 Å². The van der Waals surface area contributed by atoms with Crippen LogP contribution < -0.4 is 10.6 Å². The van der Waals surface area contributed by atoms with E-state index in [0.717, 1.165) is 0 Å². The largest absolute Gasteiger partial charge is 0.0622 e. The molecule has 0 saturated heterocycles. The Bertz CT molecular complexity index is 1130. The Labute approximate surface area is 180 Å². The molecule has 30 heavy (non-hydrogen) atoms. The summed E-state index contributed by atoms with van der Waals surface area (Å²) in [5, 5.41) is 3.00. The molecule has 0 N–H and O–H groups in total. The van der Waals surface area contributed by atoms with Crippen LogP contribution in [0, 0.1) is 0 Å². The molecule has 2 atom stereocenters. The molecule has 0 saturated carbocycles. The average Bonchev–Trinajstić information content (AvgIpc) is 3.36. The van der Waals surface area contributed by atoms with E-state index in [4.69, 9.17) is 0 Å². The molecule has 0 radical (unpaired) electrons. The van der Waals surface area contributed by atoms with Crippen LogP contribution in [0.5, 0.6) is 0 Å². The second-order valence-electron chi connectivity index (χ2n) is 8.55. The van der Waals surface area contributed by atoms with E-state index in [9.17, 15) is 0 Å². The summed E-state index contributed by atoms with van der Waals surface area (Å²) in [7, 11) is -0.482. The fourth-order valence-electron chi connectivity index (χ4n) is 5.96. The van der Waals surface area contributed by atoms with Crippen molar-refractivity contribution in [1.82, 2.24) is 0 Å². The van der Waals surface area contributed by atoms with E-state index in [1.54, 1.807) is 22.3 Å². The molecule has 2 unspecified atom stereocenters. The van der Waals surface area contributed by atoms with Crippen LogP contribution in [-0.4, -0.2) is 5.66 Å². The minimum Gasteiger partial charge on any atom is -0.0622 e. The Hall–Kier alpha value is -2.69. The SMILES string of the molecule is c1ccc(P(c2ccccc2)C2Cc3ccccc3C23CCc2ccccc23)cc1. The molecule has 0 amide bonds. The molecule has 0 aliphatic heterocycles. The zero-order valence-corrected chi connectivity index (χ0v) is 17.9. The van der Waals surface area contributed by atoms with Gasteiger partial charge in [-0.2, -0.15) is 0 Å². The van der Waals surface area contributed by atoms with Crippen LogP contribution in [-0.2, 0) is 18.3 Å². The molecule has 2 aliphatic rings. The van der Waals surface area contributed by atoms with Gasteiger partial charge in [-0.3, -0.25) is 0 Å². The van der Waals surface area contributed by atoms with Crippen LogP contribution in [0.25, 0.3) is 0 Å². The summed E-state index contributed by atoms with van der Waals surface area (Å²) in [5.41, 5.74) is 6.98. The highest BCUT2D eigenvalue weighted by atomic mass is 31.1. The highest BCUT2D eigenvalue weighted by molar-refractivity contribution is 7.73. The molecule has 0 bridgehead atoms. The second kappa shape index (κ2) is 7.22. The first-order valence-corrected chi connectivity index (χ1v) is 12.3. The van der Waals surface area contributed by atoms with Crippen LogP contribution in [0.4, 0.5) is 0 Å². The lowest BCUT2D eigenvalue weighted by Crippen LogP contribution is -2.38. The van der Waals surface area contributed by atoms with Gasteiger partial charge >= 0.3 is 0 Å². The molecule has 0 fully saturated rings. The number of hydrogen-bond acceptors (Lipinski definition) is 0. The van der Waals surface area contributed by atoms with E-state index in [-0.39, 0.29) is 5.41 Å². The van der Waals surface area contributed by atoms with Crippen LogP contribution in [0.15, 0.2) is 109 Å². The lowest BCUT2D eigenvalue weighted by Gasteiger charge is -2.39. The van der Waals surface area contributed by atoms with E-state index in [0.29, 0.717) is 5.66 Å². The summed E-state index contributed by atoms with van der Waals surface area (Å²) in [4.78, 5) is 0. The highest BCUT2D eigenvalue weighted by Crippen LogP contribution is 2.61. The van der Waals surface area contributed by atoms with Gasteiger partial charge in [0.15, 0.2) is 0 Å². The fraction of sp³-hybridized carbons (Fsp3) is 0.172. The van der Waals surface area contributed by atoms with Gasteiger partial charge in [0, 0.05) is 11.1 Å². The molecule has 146 valence electrons. The fourth-order valence-corrected chi connectivity index (χ4v) is 9.19. The molecule has 0 heterocycles. The maximum Gasteiger partial charge on any atom is 0.0288 e. The number of rotatable bonds is 3. The van der Waals surface area contributed by atoms with Crippen molar-refractivity contribution in [2.24, 2.45) is 0 Å². The predicted molar refractivity (Wildman–Crippen MR) is 129 cm³/mol. The third kappa shape index (κ3) is 2.64. The van der Waals surface area contributed by atoms with Crippen molar-refractivity contribution >= 4 is 18.5 Å². The summed E-state index contributed by atoms with van der Waals surface area (Å²) in [6, 6.07) is 41.1. The maximum absolute atomic E-state index is 2.42. The summed E-state index contributed by atoms with van der Waals surface area (Å²) in [6.07, 6.45) is 3.58. The average molecular weight is 404 g/mol. The molecule has 1 heteroatoms. The standard InChI is InChI=1S/C29H25P/c1-3-13-24(14-4-1)30(25-15-5-2-6-16-25)28-21-23-12-8-10-18-27(23)29(28)20-19-22-11-7-9-17-26(22)29/h1-18,28H,19-21H2. The molecule has 2 aliphatic carbocycles. The monoisotopic (exact) mass is 404 g/mol. The molecular formula is C29H25P. The van der Waals surface area contributed by atoms with Gasteiger partial charge in [0.05, 0.1) is 0 Å². The number of hydrogen-bond donors (Lipinski definition) is 0. The Kier molecular flexibility index (Phi) is 4.36. The quantitative estimate of drug-likeness (QED) is 0.369. The Morgan fingerprint density at radius 2 is 1.07 bits per heavy atom. The van der Waals surface area contributed by atoms with Crippen molar-refractivity contribution in [2.75, 3.05) is 0 Å². The van der Waals surface area contributed by atoms with Crippen molar-refractivity contribution in [1.29, 1.82) is 0 Å². The van der Waals surface area contributed by atoms with E-state index >= 15 is 0 Å². The Balaban J connectivity index is 1.61. The van der Waals surface area contributed by atoms with Gasteiger partial charge in [-0.05, 0) is 60.0 Å². The molecule has 0 nitrogen and oxygen atoms in total. The summed E-state index contributed by atoms with van der Waals surface area (Å²) in [6.45, 7) is 0. The molecule has 0 aromatic heterocycles. The van der Waals surface area contributed by atoms with E-state index in [1.807, 2.05) is 0 Å². The number of benzene rings is 4. The normalized spacial score (nSPS) is 21.7. The lowest BCUT2D eigenvalue weighted by molar-refractivity contribution is 0.517. The van der Waals surface area contributed by atoms with Gasteiger partial charge < -0.3 is 0 Å². The van der Waals surface area contributed by atoms with Crippen LogP contribution >= 0.6 is 7.92 Å². The number of aryl methyl sites for hydroxylation is 1. The number of fused-ring (bicyclic) bond motifs is 4. The van der Waals surface area contributed by atoms with Gasteiger partial charge in [-0.25, -0.2) is 0 Å². The van der Waals surface area contributed by atoms with Gasteiger partial charge in [0.25, 0.3) is 0 Å². The molecule has 4 aromatic rings. The topological polar surface area (TPSA) is 0 Å². The smallest absolute Gasteiger partial charge is 0.0288 e. The van der Waals surface area contributed by atoms with Crippen molar-refractivity contribution < 1.29 is 0 Å². The van der Waals surface area contributed by atoms with Crippen LogP contribution in [0.1, 0.15) is 28.7 Å². The van der Waals surface area contributed by atoms with E-state index in [1.165, 1.54) is 29.9 Å². The minimum absolute atomic E-state index is 0.130. The maximum atomic E-state index is 2.42. The first kappa shape index (κ1) is 18.1. The first-order chi connectivity index (χ1) is 14.9. The predicted octanol–water partition coefficient (Wildman–Crippen LogP) is 5.98. The van der Waals surface area contributed by atoms with E-state index < -0.39 is 7.92 Å². The molecular weight excluding hydrogens is 379 g/mol. The molecule has 6 rings (SSSR count). The van der Waals surface area contributed by atoms with Crippen molar-refractivity contribution in [2.45, 2.75) is 30.3 Å². The molecule has 4 aromatic carbocycles. The third-order valence-electron chi connectivity index (χ3n) is 7.15. The zero-order valence-electron chi connectivity index (χ0n) is 17.0. The highest BCUT2D eigenvalue weighted by Gasteiger charge is 2.53. The van der Waals surface area contributed by atoms with Crippen molar-refractivity contribution in [3.05, 3.63) is 131 Å². The van der Waals surface area contributed by atoms with Crippen LogP contribution in [0.2, 0.25) is 0 Å². The van der Waals surface area contributed by atoms with Gasteiger partial charge in [-0.15, -0.1) is 0 Å². The Morgan fingerprint density at radius 1 is 0.567 bits per heavy atom. The zero-order chi connectivity index (χ0) is 20.0. The summed E-state index contributed by atoms with van der Waals surface area (Å²) in [5.74, 6) is 0. The van der Waals surface area contributed by atoms with Gasteiger partial charge in [0.2, 0.25) is 0 Å². The third-order valence-corrected chi connectivity index (χ3v) is 10.1. The molecule has 1 spiro atoms. The summed E-state index contributed by atoms with van der Waals surface area (Å²) >= 11 is 0. The minimum atomic E-state index is -0.482. The van der Waals surface area contributed by atoms with Crippen molar-refractivity contribution in [3.8, 4) is 0 Å².